The van der Waals surface area contributed by atoms with Crippen LogP contribution in [-0.4, -0.2) is 41.8 Å². The van der Waals surface area contributed by atoms with Crippen molar-refractivity contribution in [2.45, 2.75) is 64.6 Å². The molecule has 1 aromatic rings. The molecule has 0 aromatic heterocycles. The fourth-order valence-electron chi connectivity index (χ4n) is 3.82. The molecule has 1 aromatic carbocycles. The maximum absolute atomic E-state index is 12.4. The van der Waals surface area contributed by atoms with Gasteiger partial charge in [-0.05, 0) is 64.7 Å². The third-order valence-corrected chi connectivity index (χ3v) is 5.67. The van der Waals surface area contributed by atoms with Crippen LogP contribution in [0.4, 0.5) is 10.5 Å². The van der Waals surface area contributed by atoms with Gasteiger partial charge in [0.2, 0.25) is 0 Å². The van der Waals surface area contributed by atoms with Crippen LogP contribution in [0.1, 0.15) is 46.1 Å². The zero-order valence-corrected chi connectivity index (χ0v) is 16.6. The van der Waals surface area contributed by atoms with Gasteiger partial charge in [-0.25, -0.2) is 4.79 Å². The van der Waals surface area contributed by atoms with E-state index in [2.05, 4.69) is 46.0 Å². The number of carbonyl (C=O) groups is 1. The molecule has 4 nitrogen and oxygen atoms in total. The molecule has 5 heteroatoms. The highest BCUT2D eigenvalue weighted by molar-refractivity contribution is 9.10. The fraction of sp³-hybridized carbons (Fsp3) is 0.632. The monoisotopic (exact) mass is 394 g/mol. The Balaban J connectivity index is 1.67. The lowest BCUT2D eigenvalue weighted by atomic mass is 9.97. The number of carbonyl (C=O) groups excluding carboxylic acids is 1. The maximum Gasteiger partial charge on any atom is 0.410 e. The van der Waals surface area contributed by atoms with Gasteiger partial charge in [0.15, 0.2) is 0 Å². The van der Waals surface area contributed by atoms with Crippen LogP contribution in [0.15, 0.2) is 22.7 Å². The van der Waals surface area contributed by atoms with Crippen molar-refractivity contribution in [3.63, 3.8) is 0 Å². The Morgan fingerprint density at radius 1 is 1.29 bits per heavy atom. The molecule has 1 fully saturated rings. The van der Waals surface area contributed by atoms with Crippen molar-refractivity contribution in [1.82, 2.24) is 4.90 Å². The molecule has 3 rings (SSSR count). The second-order valence-corrected chi connectivity index (χ2v) is 8.74. The van der Waals surface area contributed by atoms with E-state index in [1.54, 1.807) is 0 Å². The summed E-state index contributed by atoms with van der Waals surface area (Å²) in [5, 5.41) is 0. The lowest BCUT2D eigenvalue weighted by Crippen LogP contribution is -2.52. The van der Waals surface area contributed by atoms with Crippen molar-refractivity contribution in [1.29, 1.82) is 0 Å². The first-order valence-corrected chi connectivity index (χ1v) is 9.59. The maximum atomic E-state index is 12.4. The lowest BCUT2D eigenvalue weighted by molar-refractivity contribution is 0.0104. The van der Waals surface area contributed by atoms with Crippen molar-refractivity contribution in [2.75, 3.05) is 18.0 Å². The summed E-state index contributed by atoms with van der Waals surface area (Å²) in [6, 6.07) is 7.15. The topological polar surface area (TPSA) is 32.8 Å². The zero-order chi connectivity index (χ0) is 17.5. The first-order chi connectivity index (χ1) is 11.3. The number of nitrogens with zero attached hydrogens (tertiary/aromatic N) is 2. The number of fused-ring (bicyclic) bond motifs is 1. The molecule has 2 aliphatic heterocycles. The van der Waals surface area contributed by atoms with Crippen LogP contribution in [0, 0.1) is 0 Å². The molecular formula is C19H27BrN2O2. The summed E-state index contributed by atoms with van der Waals surface area (Å²) < 4.78 is 6.76. The average molecular weight is 395 g/mol. The Morgan fingerprint density at radius 3 is 2.71 bits per heavy atom. The highest BCUT2D eigenvalue weighted by Gasteiger charge is 2.36. The van der Waals surface area contributed by atoms with Crippen LogP contribution >= 0.6 is 15.9 Å². The molecule has 24 heavy (non-hydrogen) atoms. The molecule has 0 aliphatic carbocycles. The molecule has 2 heterocycles. The second kappa shape index (κ2) is 6.58. The number of halogens is 1. The van der Waals surface area contributed by atoms with E-state index in [9.17, 15) is 4.79 Å². The van der Waals surface area contributed by atoms with Gasteiger partial charge in [-0.1, -0.05) is 22.0 Å². The summed E-state index contributed by atoms with van der Waals surface area (Å²) in [7, 11) is 0. The summed E-state index contributed by atoms with van der Waals surface area (Å²) in [5.74, 6) is 0. The van der Waals surface area contributed by atoms with Gasteiger partial charge < -0.3 is 14.5 Å². The quantitative estimate of drug-likeness (QED) is 0.697. The van der Waals surface area contributed by atoms with E-state index in [0.29, 0.717) is 6.04 Å². The number of piperidine rings is 1. The number of likely N-dealkylation sites (tertiary alicyclic amines) is 1. The fourth-order valence-corrected chi connectivity index (χ4v) is 4.37. The zero-order valence-electron chi connectivity index (χ0n) is 15.0. The molecule has 1 saturated heterocycles. The van der Waals surface area contributed by atoms with Gasteiger partial charge in [0, 0.05) is 35.3 Å². The van der Waals surface area contributed by atoms with Crippen molar-refractivity contribution in [3.8, 4) is 0 Å². The molecule has 0 unspecified atom stereocenters. The summed E-state index contributed by atoms with van der Waals surface area (Å²) in [6.07, 6.45) is 2.90. The Labute approximate surface area is 153 Å². The van der Waals surface area contributed by atoms with Crippen LogP contribution in [0.2, 0.25) is 0 Å². The Kier molecular flexibility index (Phi) is 4.82. The number of amides is 1. The average Bonchev–Trinajstić information content (AvgIpc) is 2.90. The number of benzene rings is 1. The predicted molar refractivity (Wildman–Crippen MR) is 101 cm³/mol. The minimum Gasteiger partial charge on any atom is -0.444 e. The summed E-state index contributed by atoms with van der Waals surface area (Å²) in [5.41, 5.74) is 2.33. The summed E-state index contributed by atoms with van der Waals surface area (Å²) in [6.45, 7) is 9.72. The third-order valence-electron chi connectivity index (χ3n) is 4.92. The van der Waals surface area contributed by atoms with Crippen molar-refractivity contribution < 1.29 is 9.53 Å². The SMILES string of the molecule is C[C@H]1C[C@@H](N2CCc3c(Br)cccc32)CCN1C(=O)OC(C)(C)C. The molecule has 0 N–H and O–H groups in total. The number of hydrogen-bond acceptors (Lipinski definition) is 3. The lowest BCUT2D eigenvalue weighted by Gasteiger charge is -2.42. The molecule has 0 bridgehead atoms. The van der Waals surface area contributed by atoms with E-state index >= 15 is 0 Å². The number of rotatable bonds is 1. The third kappa shape index (κ3) is 3.56. The minimum atomic E-state index is -0.437. The molecule has 0 saturated carbocycles. The molecule has 0 radical (unpaired) electrons. The Morgan fingerprint density at radius 2 is 2.04 bits per heavy atom. The van der Waals surface area contributed by atoms with Crippen LogP contribution in [-0.2, 0) is 11.2 Å². The van der Waals surface area contributed by atoms with Crippen LogP contribution in [0.3, 0.4) is 0 Å². The van der Waals surface area contributed by atoms with Crippen molar-refractivity contribution >= 4 is 27.7 Å². The van der Waals surface area contributed by atoms with Crippen molar-refractivity contribution in [2.24, 2.45) is 0 Å². The number of hydrogen-bond donors (Lipinski definition) is 0. The van der Waals surface area contributed by atoms with E-state index in [1.807, 2.05) is 25.7 Å². The van der Waals surface area contributed by atoms with Gasteiger partial charge in [0.25, 0.3) is 0 Å². The van der Waals surface area contributed by atoms with E-state index < -0.39 is 5.60 Å². The highest BCUT2D eigenvalue weighted by Crippen LogP contribution is 2.37. The van der Waals surface area contributed by atoms with Gasteiger partial charge >= 0.3 is 6.09 Å². The van der Waals surface area contributed by atoms with E-state index in [0.717, 1.165) is 32.4 Å². The molecule has 132 valence electrons. The minimum absolute atomic E-state index is 0.182. The first-order valence-electron chi connectivity index (χ1n) is 8.80. The summed E-state index contributed by atoms with van der Waals surface area (Å²) in [4.78, 5) is 16.8. The first kappa shape index (κ1) is 17.6. The normalized spacial score (nSPS) is 24.0. The molecule has 2 atom stereocenters. The standard InChI is InChI=1S/C19H27BrN2O2/c1-13-12-14(8-10-21(13)18(23)24-19(2,3)4)22-11-9-15-16(20)6-5-7-17(15)22/h5-7,13-14H,8-12H2,1-4H3/t13-,14-/m0/s1. The van der Waals surface area contributed by atoms with Crippen molar-refractivity contribution in [3.05, 3.63) is 28.2 Å². The van der Waals surface area contributed by atoms with Crippen LogP contribution < -0.4 is 4.90 Å². The smallest absolute Gasteiger partial charge is 0.410 e. The number of anilines is 1. The Bertz CT molecular complexity index is 626. The van der Waals surface area contributed by atoms with E-state index in [1.165, 1.54) is 15.7 Å². The number of ether oxygens (including phenoxy) is 1. The Hall–Kier alpha value is -1.23. The summed E-state index contributed by atoms with van der Waals surface area (Å²) >= 11 is 3.67. The molecule has 0 spiro atoms. The second-order valence-electron chi connectivity index (χ2n) is 7.88. The highest BCUT2D eigenvalue weighted by atomic mass is 79.9. The predicted octanol–water partition coefficient (Wildman–Crippen LogP) is 4.60. The van der Waals surface area contributed by atoms with Gasteiger partial charge in [-0.2, -0.15) is 0 Å². The largest absolute Gasteiger partial charge is 0.444 e. The van der Waals surface area contributed by atoms with Gasteiger partial charge in [0.1, 0.15) is 5.60 Å². The molecule has 1 amide bonds. The van der Waals surface area contributed by atoms with Gasteiger partial charge in [-0.3, -0.25) is 0 Å². The van der Waals surface area contributed by atoms with E-state index in [-0.39, 0.29) is 12.1 Å². The van der Waals surface area contributed by atoms with Gasteiger partial charge in [-0.15, -0.1) is 0 Å². The van der Waals surface area contributed by atoms with Gasteiger partial charge in [0.05, 0.1) is 0 Å². The van der Waals surface area contributed by atoms with E-state index in [4.69, 9.17) is 4.74 Å². The molecule has 2 aliphatic rings. The van der Waals surface area contributed by atoms with Crippen LogP contribution in [0.5, 0.6) is 0 Å². The van der Waals surface area contributed by atoms with Crippen LogP contribution in [0.25, 0.3) is 0 Å². The molecular weight excluding hydrogens is 368 g/mol.